The maximum Gasteiger partial charge on any atom is 0.201 e. The molecule has 18 heavy (non-hydrogen) atoms. The molecule has 0 amide bonds. The SMILES string of the molecule is Fc1cccc(Oc2c(F)cccc2CBr)c1F. The molecule has 94 valence electrons. The van der Waals surface area contributed by atoms with Crippen LogP contribution in [0.3, 0.4) is 0 Å². The van der Waals surface area contributed by atoms with E-state index in [1.165, 1.54) is 24.3 Å². The number of hydrogen-bond donors (Lipinski definition) is 0. The minimum Gasteiger partial charge on any atom is -0.451 e. The van der Waals surface area contributed by atoms with Gasteiger partial charge in [0.2, 0.25) is 5.82 Å². The Morgan fingerprint density at radius 2 is 1.61 bits per heavy atom. The Kier molecular flexibility index (Phi) is 3.91. The van der Waals surface area contributed by atoms with Crippen molar-refractivity contribution in [2.75, 3.05) is 0 Å². The summed E-state index contributed by atoms with van der Waals surface area (Å²) in [4.78, 5) is 0. The molecule has 0 unspecified atom stereocenters. The average Bonchev–Trinajstić information content (AvgIpc) is 2.37. The standard InChI is InChI=1S/C13H8BrF3O/c14-7-8-3-1-5-10(16)13(8)18-11-6-2-4-9(15)12(11)17/h1-6H,7H2. The predicted molar refractivity (Wildman–Crippen MR) is 65.5 cm³/mol. The van der Waals surface area contributed by atoms with Gasteiger partial charge in [-0.25, -0.2) is 8.78 Å². The number of ether oxygens (including phenoxy) is 1. The van der Waals surface area contributed by atoms with Crippen molar-refractivity contribution in [2.45, 2.75) is 5.33 Å². The highest BCUT2D eigenvalue weighted by Crippen LogP contribution is 2.31. The normalized spacial score (nSPS) is 10.4. The molecule has 0 saturated carbocycles. The zero-order valence-electron chi connectivity index (χ0n) is 9.09. The van der Waals surface area contributed by atoms with Gasteiger partial charge in [0.15, 0.2) is 23.1 Å². The number of para-hydroxylation sites is 1. The van der Waals surface area contributed by atoms with Crippen molar-refractivity contribution >= 4 is 15.9 Å². The topological polar surface area (TPSA) is 9.23 Å². The van der Waals surface area contributed by atoms with Crippen LogP contribution in [0.25, 0.3) is 0 Å². The van der Waals surface area contributed by atoms with Crippen molar-refractivity contribution in [3.8, 4) is 11.5 Å². The molecule has 0 atom stereocenters. The quantitative estimate of drug-likeness (QED) is 0.740. The smallest absolute Gasteiger partial charge is 0.201 e. The van der Waals surface area contributed by atoms with Gasteiger partial charge in [-0.15, -0.1) is 0 Å². The summed E-state index contributed by atoms with van der Waals surface area (Å²) in [5.74, 6) is -3.26. The van der Waals surface area contributed by atoms with E-state index in [0.717, 1.165) is 6.07 Å². The lowest BCUT2D eigenvalue weighted by Crippen LogP contribution is -1.96. The molecule has 0 saturated heterocycles. The van der Waals surface area contributed by atoms with Crippen LogP contribution in [0.5, 0.6) is 11.5 Å². The maximum atomic E-state index is 13.6. The molecular weight excluding hydrogens is 309 g/mol. The van der Waals surface area contributed by atoms with E-state index < -0.39 is 17.5 Å². The zero-order chi connectivity index (χ0) is 13.1. The molecule has 0 aliphatic rings. The van der Waals surface area contributed by atoms with Gasteiger partial charge in [-0.2, -0.15) is 4.39 Å². The molecule has 0 spiro atoms. The Labute approximate surface area is 110 Å². The number of halogens is 4. The number of hydrogen-bond acceptors (Lipinski definition) is 1. The van der Waals surface area contributed by atoms with Crippen LogP contribution >= 0.6 is 15.9 Å². The summed E-state index contributed by atoms with van der Waals surface area (Å²) < 4.78 is 45.1. The van der Waals surface area contributed by atoms with E-state index in [2.05, 4.69) is 15.9 Å². The highest BCUT2D eigenvalue weighted by molar-refractivity contribution is 9.08. The Balaban J connectivity index is 2.43. The van der Waals surface area contributed by atoms with Crippen LogP contribution in [0.1, 0.15) is 5.56 Å². The first-order valence-electron chi connectivity index (χ1n) is 5.08. The third-order valence-corrected chi connectivity index (χ3v) is 2.92. The van der Waals surface area contributed by atoms with Crippen LogP contribution in [0.15, 0.2) is 36.4 Å². The zero-order valence-corrected chi connectivity index (χ0v) is 10.7. The molecule has 0 fully saturated rings. The van der Waals surface area contributed by atoms with Gasteiger partial charge in [-0.05, 0) is 18.2 Å². The highest BCUT2D eigenvalue weighted by Gasteiger charge is 2.14. The van der Waals surface area contributed by atoms with E-state index in [9.17, 15) is 13.2 Å². The minimum atomic E-state index is -1.14. The molecule has 0 aromatic heterocycles. The van der Waals surface area contributed by atoms with Gasteiger partial charge < -0.3 is 4.74 Å². The van der Waals surface area contributed by atoms with Gasteiger partial charge in [0.1, 0.15) is 0 Å². The Morgan fingerprint density at radius 3 is 2.33 bits per heavy atom. The summed E-state index contributed by atoms with van der Waals surface area (Å²) in [6, 6.07) is 7.84. The molecule has 0 aliphatic carbocycles. The van der Waals surface area contributed by atoms with E-state index in [1.807, 2.05) is 0 Å². The first-order chi connectivity index (χ1) is 8.63. The van der Waals surface area contributed by atoms with Gasteiger partial charge in [0, 0.05) is 10.9 Å². The summed E-state index contributed by atoms with van der Waals surface area (Å²) in [5, 5.41) is 0.344. The van der Waals surface area contributed by atoms with Gasteiger partial charge in [-0.3, -0.25) is 0 Å². The van der Waals surface area contributed by atoms with Crippen molar-refractivity contribution in [1.82, 2.24) is 0 Å². The average molecular weight is 317 g/mol. The maximum absolute atomic E-state index is 13.6. The third-order valence-electron chi connectivity index (χ3n) is 2.32. The highest BCUT2D eigenvalue weighted by atomic mass is 79.9. The first-order valence-corrected chi connectivity index (χ1v) is 6.21. The van der Waals surface area contributed by atoms with Crippen molar-refractivity contribution in [3.63, 3.8) is 0 Å². The lowest BCUT2D eigenvalue weighted by atomic mass is 10.2. The Morgan fingerprint density at radius 1 is 0.944 bits per heavy atom. The van der Waals surface area contributed by atoms with Crippen LogP contribution in [-0.2, 0) is 5.33 Å². The monoisotopic (exact) mass is 316 g/mol. The van der Waals surface area contributed by atoms with Crippen LogP contribution in [0.4, 0.5) is 13.2 Å². The van der Waals surface area contributed by atoms with Gasteiger partial charge >= 0.3 is 0 Å². The second-order valence-corrected chi connectivity index (χ2v) is 4.08. The molecule has 2 aromatic carbocycles. The second-order valence-electron chi connectivity index (χ2n) is 3.52. The van der Waals surface area contributed by atoms with Gasteiger partial charge in [0.05, 0.1) is 0 Å². The number of rotatable bonds is 3. The summed E-state index contributed by atoms with van der Waals surface area (Å²) in [6.07, 6.45) is 0. The molecule has 0 radical (unpaired) electrons. The summed E-state index contributed by atoms with van der Waals surface area (Å²) in [6.45, 7) is 0. The molecule has 0 N–H and O–H groups in total. The van der Waals surface area contributed by atoms with E-state index in [4.69, 9.17) is 4.74 Å². The first kappa shape index (κ1) is 13.0. The molecule has 2 aromatic rings. The molecule has 0 heterocycles. The van der Waals surface area contributed by atoms with E-state index >= 15 is 0 Å². The van der Waals surface area contributed by atoms with Crippen molar-refractivity contribution < 1.29 is 17.9 Å². The fraction of sp³-hybridized carbons (Fsp3) is 0.0769. The summed E-state index contributed by atoms with van der Waals surface area (Å²) in [5.41, 5.74) is 0.513. The lowest BCUT2D eigenvalue weighted by molar-refractivity contribution is 0.394. The molecule has 0 bridgehead atoms. The van der Waals surface area contributed by atoms with Gasteiger partial charge in [0.25, 0.3) is 0 Å². The van der Waals surface area contributed by atoms with E-state index in [-0.39, 0.29) is 11.5 Å². The van der Waals surface area contributed by atoms with Crippen molar-refractivity contribution in [2.24, 2.45) is 0 Å². The van der Waals surface area contributed by atoms with Crippen molar-refractivity contribution in [1.29, 1.82) is 0 Å². The molecule has 0 aliphatic heterocycles. The number of alkyl halides is 1. The summed E-state index contributed by atoms with van der Waals surface area (Å²) in [7, 11) is 0. The minimum absolute atomic E-state index is 0.112. The predicted octanol–water partition coefficient (Wildman–Crippen LogP) is 4.79. The Hall–Kier alpha value is -1.49. The molecular formula is C13H8BrF3O. The summed E-state index contributed by atoms with van der Waals surface area (Å²) >= 11 is 3.17. The Bertz CT molecular complexity index is 572. The van der Waals surface area contributed by atoms with Crippen LogP contribution in [0, 0.1) is 17.5 Å². The van der Waals surface area contributed by atoms with Gasteiger partial charge in [-0.1, -0.05) is 34.1 Å². The van der Waals surface area contributed by atoms with E-state index in [1.54, 1.807) is 6.07 Å². The molecule has 1 nitrogen and oxygen atoms in total. The van der Waals surface area contributed by atoms with Crippen LogP contribution < -0.4 is 4.74 Å². The van der Waals surface area contributed by atoms with Crippen molar-refractivity contribution in [3.05, 3.63) is 59.4 Å². The third kappa shape index (κ3) is 2.51. The molecule has 5 heteroatoms. The van der Waals surface area contributed by atoms with E-state index in [0.29, 0.717) is 10.9 Å². The van der Waals surface area contributed by atoms with Crippen LogP contribution in [0.2, 0.25) is 0 Å². The largest absolute Gasteiger partial charge is 0.451 e. The fourth-order valence-corrected chi connectivity index (χ4v) is 1.89. The fourth-order valence-electron chi connectivity index (χ4n) is 1.45. The second kappa shape index (κ2) is 5.44. The lowest BCUT2D eigenvalue weighted by Gasteiger charge is -2.11. The number of benzene rings is 2. The van der Waals surface area contributed by atoms with Crippen LogP contribution in [-0.4, -0.2) is 0 Å². The molecule has 2 rings (SSSR count).